The molecule has 0 saturated carbocycles. The molecule has 184 valence electrons. The van der Waals surface area contributed by atoms with Crippen molar-refractivity contribution in [1.82, 2.24) is 0 Å². The van der Waals surface area contributed by atoms with E-state index in [4.69, 9.17) is 21.2 Å². The van der Waals surface area contributed by atoms with Gasteiger partial charge in [-0.25, -0.2) is 4.79 Å². The Balaban J connectivity index is 5.11. The van der Waals surface area contributed by atoms with Crippen LogP contribution < -0.4 is 0 Å². The van der Waals surface area contributed by atoms with Crippen LogP contribution in [0.4, 0.5) is 0 Å². The number of rotatable bonds is 16. The van der Waals surface area contributed by atoms with Crippen LogP contribution in [0.15, 0.2) is 12.7 Å². The molecule has 0 N–H and O–H groups in total. The van der Waals surface area contributed by atoms with E-state index in [0.717, 1.165) is 24.6 Å². The number of esters is 1. The summed E-state index contributed by atoms with van der Waals surface area (Å²) in [6.07, 6.45) is 2.05. The fourth-order valence-corrected chi connectivity index (χ4v) is 24.4. The van der Waals surface area contributed by atoms with E-state index in [1.54, 1.807) is 0 Å². The van der Waals surface area contributed by atoms with Crippen molar-refractivity contribution in [2.75, 3.05) is 6.61 Å². The lowest BCUT2D eigenvalue weighted by molar-refractivity contribution is -0.137. The Morgan fingerprint density at radius 2 is 1.26 bits per heavy atom. The first-order chi connectivity index (χ1) is 13.8. The molecular formula is C19H48O6Si6. The van der Waals surface area contributed by atoms with Crippen molar-refractivity contribution in [3.05, 3.63) is 12.7 Å². The van der Waals surface area contributed by atoms with Crippen molar-refractivity contribution in [2.24, 2.45) is 0 Å². The molecule has 0 aliphatic rings. The molecule has 0 aromatic heterocycles. The number of hydrogen-bond acceptors (Lipinski definition) is 6. The van der Waals surface area contributed by atoms with E-state index < -0.39 is 51.8 Å². The third-order valence-corrected chi connectivity index (χ3v) is 22.5. The number of carbonyl (C=O) groups excluding carboxylic acids is 1. The van der Waals surface area contributed by atoms with Gasteiger partial charge >= 0.3 is 14.8 Å². The maximum atomic E-state index is 11.1. The van der Waals surface area contributed by atoms with Crippen molar-refractivity contribution in [1.29, 1.82) is 0 Å². The molecule has 31 heavy (non-hydrogen) atoms. The Morgan fingerprint density at radius 1 is 0.806 bits per heavy atom. The highest BCUT2D eigenvalue weighted by Crippen LogP contribution is 2.32. The van der Waals surface area contributed by atoms with Crippen LogP contribution >= 0.6 is 0 Å². The second-order valence-electron chi connectivity index (χ2n) is 11.5. The van der Waals surface area contributed by atoms with Gasteiger partial charge in [0.2, 0.25) is 0 Å². The predicted molar refractivity (Wildman–Crippen MR) is 146 cm³/mol. The van der Waals surface area contributed by atoms with Gasteiger partial charge in [-0.15, -0.1) is 0 Å². The summed E-state index contributed by atoms with van der Waals surface area (Å²) in [5.41, 5.74) is 0. The maximum Gasteiger partial charge on any atom is 0.469 e. The van der Waals surface area contributed by atoms with Crippen LogP contribution in [-0.2, 0) is 26.0 Å². The Morgan fingerprint density at radius 3 is 1.65 bits per heavy atom. The van der Waals surface area contributed by atoms with Crippen LogP contribution in [0, 0.1) is 0 Å². The molecule has 0 aliphatic carbocycles. The summed E-state index contributed by atoms with van der Waals surface area (Å²) in [5.74, 6) is -0.356. The van der Waals surface area contributed by atoms with Gasteiger partial charge in [-0.05, 0) is 90.5 Å². The van der Waals surface area contributed by atoms with E-state index in [2.05, 4.69) is 78.6 Å². The monoisotopic (exact) mass is 540 g/mol. The topological polar surface area (TPSA) is 63.2 Å². The zero-order chi connectivity index (χ0) is 24.6. The molecule has 0 aliphatic heterocycles. The van der Waals surface area contributed by atoms with Crippen LogP contribution in [0.1, 0.15) is 6.42 Å². The molecule has 0 rings (SSSR count). The molecule has 12 heteroatoms. The molecule has 0 unspecified atom stereocenters. The summed E-state index contributed by atoms with van der Waals surface area (Å²) < 4.78 is 31.9. The second kappa shape index (κ2) is 12.7. The van der Waals surface area contributed by atoms with Crippen molar-refractivity contribution >= 4 is 57.8 Å². The summed E-state index contributed by atoms with van der Waals surface area (Å²) in [7, 11) is -10.8. The smallest absolute Gasteiger partial charge is 0.463 e. The van der Waals surface area contributed by atoms with Crippen LogP contribution in [0.2, 0.25) is 90.1 Å². The predicted octanol–water partition coefficient (Wildman–Crippen LogP) is 5.32. The van der Waals surface area contributed by atoms with E-state index in [1.165, 1.54) is 6.08 Å². The minimum absolute atomic E-state index is 0.356. The zero-order valence-corrected chi connectivity index (χ0v) is 28.4. The van der Waals surface area contributed by atoms with E-state index >= 15 is 0 Å². The highest BCUT2D eigenvalue weighted by atomic mass is 28.5. The average molecular weight is 541 g/mol. The first kappa shape index (κ1) is 31.4. The summed E-state index contributed by atoms with van der Waals surface area (Å²) in [5, 5.41) is 0. The lowest BCUT2D eigenvalue weighted by Crippen LogP contribution is -2.61. The number of ether oxygens (including phenoxy) is 1. The Labute approximate surface area is 199 Å². The summed E-state index contributed by atoms with van der Waals surface area (Å²) in [6.45, 7) is 28.4. The van der Waals surface area contributed by atoms with Gasteiger partial charge in [-0.3, -0.25) is 0 Å². The second-order valence-corrected chi connectivity index (χ2v) is 34.8. The van der Waals surface area contributed by atoms with Crippen LogP contribution in [0.25, 0.3) is 0 Å². The first-order valence-electron chi connectivity index (χ1n) is 11.3. The van der Waals surface area contributed by atoms with Gasteiger partial charge in [0.1, 0.15) is 9.76 Å². The molecule has 0 saturated heterocycles. The van der Waals surface area contributed by atoms with Crippen LogP contribution in [0.5, 0.6) is 0 Å². The van der Waals surface area contributed by atoms with Crippen molar-refractivity contribution in [3.8, 4) is 0 Å². The van der Waals surface area contributed by atoms with Crippen LogP contribution in [0.3, 0.4) is 0 Å². The molecule has 0 fully saturated rings. The number of hydrogen-bond donors (Lipinski definition) is 0. The maximum absolute atomic E-state index is 11.1. The lowest BCUT2D eigenvalue weighted by Gasteiger charge is -2.43. The van der Waals surface area contributed by atoms with Crippen molar-refractivity contribution in [3.63, 3.8) is 0 Å². The van der Waals surface area contributed by atoms with Crippen LogP contribution in [-0.4, -0.2) is 64.4 Å². The quantitative estimate of drug-likeness (QED) is 0.114. The first-order valence-corrected chi connectivity index (χ1v) is 28.2. The fourth-order valence-electron chi connectivity index (χ4n) is 2.93. The largest absolute Gasteiger partial charge is 0.469 e. The third kappa shape index (κ3) is 17.5. The standard InChI is InChI=1S/C19H48O6Si6/c1-13-19(20)21-15-14-16-26-22-30(11,12)17-18-31(23-27(2,3)4,24-28(5,6)7)25-29(8,9)10/h13H,1,14-18,26H2,2-12H3. The third-order valence-electron chi connectivity index (χ3n) is 3.86. The normalized spacial score (nSPS) is 14.3. The molecule has 0 spiro atoms. The summed E-state index contributed by atoms with van der Waals surface area (Å²) >= 11 is 0. The zero-order valence-electron chi connectivity index (χ0n) is 22.0. The lowest BCUT2D eigenvalue weighted by atomic mass is 10.5. The molecule has 0 heterocycles. The van der Waals surface area contributed by atoms with Gasteiger partial charge in [0.25, 0.3) is 0 Å². The SMILES string of the molecule is C=CC(=O)OCCC[SiH2]O[Si](C)(C)CC[Si](O[Si](C)(C)C)(O[Si](C)(C)C)O[Si](C)(C)C. The number of carbonyl (C=O) groups is 1. The fraction of sp³-hybridized carbons (Fsp3) is 0.842. The van der Waals surface area contributed by atoms with Gasteiger partial charge in [0.05, 0.1) is 6.61 Å². The van der Waals surface area contributed by atoms with E-state index in [9.17, 15) is 4.79 Å². The minimum Gasteiger partial charge on any atom is -0.463 e. The molecule has 0 radical (unpaired) electrons. The van der Waals surface area contributed by atoms with Crippen molar-refractivity contribution < 1.29 is 26.0 Å². The molecule has 6 nitrogen and oxygen atoms in total. The van der Waals surface area contributed by atoms with Gasteiger partial charge in [0.15, 0.2) is 33.3 Å². The Hall–Kier alpha value is 0.351. The average Bonchev–Trinajstić information content (AvgIpc) is 2.51. The van der Waals surface area contributed by atoms with Gasteiger partial charge in [0, 0.05) is 12.1 Å². The molecular weight excluding hydrogens is 493 g/mol. The molecule has 0 aromatic rings. The Bertz CT molecular complexity index is 525. The molecule has 0 atom stereocenters. The van der Waals surface area contributed by atoms with Gasteiger partial charge < -0.3 is 21.2 Å². The molecule has 0 bridgehead atoms. The Kier molecular flexibility index (Phi) is 12.9. The summed E-state index contributed by atoms with van der Waals surface area (Å²) in [6, 6.07) is 2.83. The van der Waals surface area contributed by atoms with Gasteiger partial charge in [-0.1, -0.05) is 6.58 Å². The van der Waals surface area contributed by atoms with Gasteiger partial charge in [-0.2, -0.15) is 0 Å². The highest BCUT2D eigenvalue weighted by Gasteiger charge is 2.50. The van der Waals surface area contributed by atoms with E-state index in [0.29, 0.717) is 6.61 Å². The van der Waals surface area contributed by atoms with E-state index in [1.807, 2.05) is 0 Å². The van der Waals surface area contributed by atoms with E-state index in [-0.39, 0.29) is 5.97 Å². The highest BCUT2D eigenvalue weighted by molar-refractivity contribution is 6.90. The molecule has 0 amide bonds. The molecule has 0 aromatic carbocycles. The minimum atomic E-state index is -2.80. The summed E-state index contributed by atoms with van der Waals surface area (Å²) in [4.78, 5) is 11.1. The van der Waals surface area contributed by atoms with Crippen molar-refractivity contribution in [2.45, 2.75) is 96.6 Å².